The molecule has 9 heteroatoms. The van der Waals surface area contributed by atoms with Crippen molar-refractivity contribution in [2.24, 2.45) is 0 Å². The van der Waals surface area contributed by atoms with E-state index in [0.29, 0.717) is 16.8 Å². The quantitative estimate of drug-likeness (QED) is 0.414. The Morgan fingerprint density at radius 2 is 1.71 bits per heavy atom. The number of halogens is 2. The molecule has 1 atom stereocenters. The van der Waals surface area contributed by atoms with Gasteiger partial charge in [0.1, 0.15) is 11.3 Å². The summed E-state index contributed by atoms with van der Waals surface area (Å²) < 4.78 is 31.1. The van der Waals surface area contributed by atoms with E-state index >= 15 is 0 Å². The molecular weight excluding hydrogens is 444 g/mol. The largest absolute Gasteiger partial charge is 0.435 e. The van der Waals surface area contributed by atoms with Crippen LogP contribution in [0.1, 0.15) is 34.2 Å². The molecule has 1 aliphatic heterocycles. The first kappa shape index (κ1) is 23.2. The molecule has 0 aliphatic carbocycles. The predicted molar refractivity (Wildman–Crippen MR) is 120 cm³/mol. The lowest BCUT2D eigenvalue weighted by molar-refractivity contribution is -0.130. The number of benzene rings is 2. The Balaban J connectivity index is 1.56. The molecule has 2 aromatic carbocycles. The van der Waals surface area contributed by atoms with Crippen LogP contribution in [0, 0.1) is 13.8 Å². The van der Waals surface area contributed by atoms with Crippen LogP contribution in [0.3, 0.4) is 0 Å². The molecule has 0 saturated carbocycles. The Morgan fingerprint density at radius 1 is 1.06 bits per heavy atom. The number of rotatable bonds is 7. The zero-order chi connectivity index (χ0) is 24.6. The fraction of sp³-hybridized carbons (Fsp3) is 0.240. The molecule has 1 unspecified atom stereocenters. The summed E-state index contributed by atoms with van der Waals surface area (Å²) in [4.78, 5) is 39.8. The first-order valence-corrected chi connectivity index (χ1v) is 10.6. The average molecular weight is 467 g/mol. The minimum atomic E-state index is -2.97. The van der Waals surface area contributed by atoms with Crippen LogP contribution in [0.2, 0.25) is 0 Å². The predicted octanol–water partition coefficient (Wildman–Crippen LogP) is 4.35. The number of hydrogen-bond donors (Lipinski definition) is 1. The number of amides is 3. The lowest BCUT2D eigenvalue weighted by atomic mass is 9.92. The molecule has 1 aliphatic rings. The minimum Gasteiger partial charge on any atom is -0.435 e. The Labute approximate surface area is 194 Å². The van der Waals surface area contributed by atoms with Gasteiger partial charge in [0.2, 0.25) is 0 Å². The monoisotopic (exact) mass is 467 g/mol. The number of aryl methyl sites for hydroxylation is 1. The third-order valence-corrected chi connectivity index (χ3v) is 5.98. The summed E-state index contributed by atoms with van der Waals surface area (Å²) >= 11 is 0. The van der Waals surface area contributed by atoms with E-state index in [1.165, 1.54) is 31.2 Å². The molecule has 0 spiro atoms. The summed E-state index contributed by atoms with van der Waals surface area (Å²) in [6.07, 6.45) is 0. The van der Waals surface area contributed by atoms with Gasteiger partial charge in [0.15, 0.2) is 5.78 Å². The molecular formula is C25H23F2N3O4. The van der Waals surface area contributed by atoms with Gasteiger partial charge in [0.25, 0.3) is 5.91 Å². The van der Waals surface area contributed by atoms with Crippen molar-refractivity contribution in [2.75, 3.05) is 6.54 Å². The lowest BCUT2D eigenvalue weighted by Crippen LogP contribution is -2.41. The highest BCUT2D eigenvalue weighted by molar-refractivity contribution is 6.11. The summed E-state index contributed by atoms with van der Waals surface area (Å²) in [6, 6.07) is 16.0. The third kappa shape index (κ3) is 4.05. The van der Waals surface area contributed by atoms with Crippen molar-refractivity contribution < 1.29 is 27.9 Å². The van der Waals surface area contributed by atoms with Crippen LogP contribution in [0.4, 0.5) is 13.6 Å². The minimum absolute atomic E-state index is 0.0695. The highest BCUT2D eigenvalue weighted by Gasteiger charge is 2.49. The lowest BCUT2D eigenvalue weighted by Gasteiger charge is -2.22. The van der Waals surface area contributed by atoms with Gasteiger partial charge in [-0.2, -0.15) is 8.78 Å². The number of urea groups is 1. The maximum atomic E-state index is 13.2. The number of para-hydroxylation sites is 1. The van der Waals surface area contributed by atoms with Gasteiger partial charge in [0.05, 0.1) is 6.54 Å². The van der Waals surface area contributed by atoms with Gasteiger partial charge in [-0.15, -0.1) is 0 Å². The van der Waals surface area contributed by atoms with Crippen molar-refractivity contribution in [1.29, 1.82) is 0 Å². The maximum Gasteiger partial charge on any atom is 0.387 e. The van der Waals surface area contributed by atoms with Gasteiger partial charge >= 0.3 is 12.6 Å². The topological polar surface area (TPSA) is 80.6 Å². The van der Waals surface area contributed by atoms with Crippen molar-refractivity contribution in [3.63, 3.8) is 0 Å². The number of hydrogen-bond acceptors (Lipinski definition) is 4. The molecule has 0 bridgehead atoms. The number of alkyl halides is 2. The fourth-order valence-electron chi connectivity index (χ4n) is 4.25. The van der Waals surface area contributed by atoms with Crippen LogP contribution in [0.15, 0.2) is 60.7 Å². The maximum absolute atomic E-state index is 13.2. The smallest absolute Gasteiger partial charge is 0.387 e. The highest BCUT2D eigenvalue weighted by Crippen LogP contribution is 2.31. The molecule has 1 saturated heterocycles. The van der Waals surface area contributed by atoms with Crippen molar-refractivity contribution in [2.45, 2.75) is 32.9 Å². The van der Waals surface area contributed by atoms with Crippen molar-refractivity contribution in [3.8, 4) is 11.4 Å². The molecule has 34 heavy (non-hydrogen) atoms. The van der Waals surface area contributed by atoms with Crippen LogP contribution >= 0.6 is 0 Å². The van der Waals surface area contributed by atoms with Gasteiger partial charge < -0.3 is 14.6 Å². The van der Waals surface area contributed by atoms with E-state index in [9.17, 15) is 23.2 Å². The number of carbonyl (C=O) groups is 3. The number of carbonyl (C=O) groups excluding carboxylic acids is 3. The Kier molecular flexibility index (Phi) is 5.95. The van der Waals surface area contributed by atoms with Crippen LogP contribution in [-0.4, -0.2) is 40.3 Å². The highest BCUT2D eigenvalue weighted by atomic mass is 19.3. The average Bonchev–Trinajstić information content (AvgIpc) is 3.21. The van der Waals surface area contributed by atoms with Gasteiger partial charge in [0, 0.05) is 22.6 Å². The van der Waals surface area contributed by atoms with Crippen molar-refractivity contribution in [3.05, 3.63) is 83.2 Å². The van der Waals surface area contributed by atoms with Crippen LogP contribution < -0.4 is 10.1 Å². The molecule has 1 aromatic heterocycles. The summed E-state index contributed by atoms with van der Waals surface area (Å²) in [5.74, 6) is -1.05. The molecule has 7 nitrogen and oxygen atoms in total. The third-order valence-electron chi connectivity index (χ3n) is 5.98. The first-order valence-electron chi connectivity index (χ1n) is 10.6. The van der Waals surface area contributed by atoms with E-state index in [1.807, 2.05) is 48.7 Å². The van der Waals surface area contributed by atoms with E-state index in [2.05, 4.69) is 10.1 Å². The Bertz CT molecular complexity index is 1260. The second-order valence-corrected chi connectivity index (χ2v) is 8.23. The summed E-state index contributed by atoms with van der Waals surface area (Å²) in [5.41, 5.74) is 1.81. The van der Waals surface area contributed by atoms with Crippen molar-refractivity contribution in [1.82, 2.24) is 14.8 Å². The van der Waals surface area contributed by atoms with E-state index in [1.54, 1.807) is 6.07 Å². The zero-order valence-corrected chi connectivity index (χ0v) is 18.8. The molecule has 4 rings (SSSR count). The second kappa shape index (κ2) is 8.74. The van der Waals surface area contributed by atoms with Crippen LogP contribution in [0.5, 0.6) is 5.75 Å². The molecule has 3 aromatic rings. The first-order chi connectivity index (χ1) is 16.1. The van der Waals surface area contributed by atoms with Crippen LogP contribution in [-0.2, 0) is 10.3 Å². The normalized spacial score (nSPS) is 17.9. The van der Waals surface area contributed by atoms with E-state index in [-0.39, 0.29) is 11.5 Å². The number of nitrogens with zero attached hydrogens (tertiary/aromatic N) is 2. The van der Waals surface area contributed by atoms with Gasteiger partial charge in [-0.1, -0.05) is 30.3 Å². The van der Waals surface area contributed by atoms with Gasteiger partial charge in [-0.05, 0) is 56.7 Å². The Morgan fingerprint density at radius 3 is 2.32 bits per heavy atom. The number of aromatic nitrogens is 1. The van der Waals surface area contributed by atoms with E-state index < -0.39 is 30.6 Å². The number of Topliss-reactive ketones (excluding diaryl/α,β-unsaturated/α-hetero) is 1. The molecule has 3 amide bonds. The van der Waals surface area contributed by atoms with E-state index in [0.717, 1.165) is 16.3 Å². The van der Waals surface area contributed by atoms with Crippen molar-refractivity contribution >= 4 is 17.7 Å². The SMILES string of the molecule is Cc1cc(C(=O)CN2C(=O)NC(C)(c3ccc(OC(F)F)cc3)C2=O)c(C)n1-c1ccccc1. The molecule has 1 fully saturated rings. The number of ketones is 1. The fourth-order valence-corrected chi connectivity index (χ4v) is 4.25. The van der Waals surface area contributed by atoms with Crippen LogP contribution in [0.25, 0.3) is 5.69 Å². The summed E-state index contributed by atoms with van der Waals surface area (Å²) in [6.45, 7) is 1.79. The number of ether oxygens (including phenoxy) is 1. The summed E-state index contributed by atoms with van der Waals surface area (Å²) in [5, 5.41) is 2.61. The summed E-state index contributed by atoms with van der Waals surface area (Å²) in [7, 11) is 0. The van der Waals surface area contributed by atoms with Gasteiger partial charge in [-0.3, -0.25) is 14.5 Å². The molecule has 1 N–H and O–H groups in total. The number of imide groups is 1. The molecule has 2 heterocycles. The van der Waals surface area contributed by atoms with Gasteiger partial charge in [-0.25, -0.2) is 4.79 Å². The number of nitrogens with one attached hydrogen (secondary N) is 1. The molecule has 0 radical (unpaired) electrons. The Hall–Kier alpha value is -4.01. The second-order valence-electron chi connectivity index (χ2n) is 8.23. The zero-order valence-electron chi connectivity index (χ0n) is 18.8. The standard InChI is InChI=1S/C25H23F2N3O4/c1-15-13-20(16(2)30(15)18-7-5-4-6-8-18)21(31)14-29-22(32)25(3,28-24(29)33)17-9-11-19(12-10-17)34-23(26)27/h4-13,23H,14H2,1-3H3,(H,28,33). The van der Waals surface area contributed by atoms with E-state index in [4.69, 9.17) is 0 Å². The molecule has 176 valence electrons.